The molecule has 0 bridgehead atoms. The Kier molecular flexibility index (Phi) is 6.03. The van der Waals surface area contributed by atoms with E-state index in [2.05, 4.69) is 34.7 Å². The second kappa shape index (κ2) is 8.63. The molecule has 132 valence electrons. The molecule has 0 spiro atoms. The lowest BCUT2D eigenvalue weighted by molar-refractivity contribution is 0.677. The van der Waals surface area contributed by atoms with Crippen molar-refractivity contribution in [1.82, 2.24) is 0 Å². The Morgan fingerprint density at radius 1 is 0.846 bits per heavy atom. The third-order valence-corrected chi connectivity index (χ3v) is 6.59. The Bertz CT molecular complexity index is 970. The summed E-state index contributed by atoms with van der Waals surface area (Å²) in [7, 11) is -0.838. The summed E-state index contributed by atoms with van der Waals surface area (Å²) in [6.45, 7) is 0. The van der Waals surface area contributed by atoms with Crippen molar-refractivity contribution in [1.29, 1.82) is 0 Å². The van der Waals surface area contributed by atoms with Gasteiger partial charge in [0.05, 0.1) is 15.5 Å². The number of hydrogen-bond acceptors (Lipinski definition) is 2. The lowest BCUT2D eigenvalue weighted by atomic mass is 10.0. The molecule has 0 radical (unpaired) electrons. The van der Waals surface area contributed by atoms with Crippen molar-refractivity contribution < 1.29 is 4.21 Å². The number of benzene rings is 3. The smallest absolute Gasteiger partial charge is 0.0788 e. The van der Waals surface area contributed by atoms with Crippen molar-refractivity contribution in [3.8, 4) is 0 Å². The molecule has 0 amide bonds. The summed E-state index contributed by atoms with van der Waals surface area (Å²) in [5.41, 5.74) is 3.44. The Labute approximate surface area is 156 Å². The van der Waals surface area contributed by atoms with Gasteiger partial charge in [0.2, 0.25) is 0 Å². The predicted octanol–water partition coefficient (Wildman–Crippen LogP) is 5.47. The number of rotatable bonds is 6. The Morgan fingerprint density at radius 3 is 1.96 bits per heavy atom. The largest absolute Gasteiger partial charge is 0.244 e. The summed E-state index contributed by atoms with van der Waals surface area (Å²) in [6.07, 6.45) is 2.90. The van der Waals surface area contributed by atoms with E-state index in [1.807, 2.05) is 66.7 Å². The van der Waals surface area contributed by atoms with Crippen LogP contribution in [0.1, 0.15) is 11.1 Å². The maximum atomic E-state index is 13.5. The highest BCUT2D eigenvalue weighted by atomic mass is 32.2. The van der Waals surface area contributed by atoms with Crippen LogP contribution >= 0.6 is 0 Å². The molecular weight excluding hydrogens is 338 g/mol. The van der Waals surface area contributed by atoms with Gasteiger partial charge in [0.1, 0.15) is 0 Å². The first kappa shape index (κ1) is 18.2. The van der Waals surface area contributed by atoms with E-state index in [9.17, 15) is 4.21 Å². The van der Waals surface area contributed by atoms with Crippen molar-refractivity contribution in [3.63, 3.8) is 0 Å². The molecule has 0 aromatic heterocycles. The molecule has 1 atom stereocenters. The van der Waals surface area contributed by atoms with Crippen LogP contribution in [0.15, 0.2) is 106 Å². The second-order valence-corrected chi connectivity index (χ2v) is 8.56. The van der Waals surface area contributed by atoms with Crippen molar-refractivity contribution in [2.24, 2.45) is 4.36 Å². The fraction of sp³-hybridized carbons (Fsp3) is 0.130. The van der Waals surface area contributed by atoms with Gasteiger partial charge in [0.25, 0.3) is 0 Å². The van der Waals surface area contributed by atoms with Crippen LogP contribution in [0, 0.1) is 0 Å². The average Bonchev–Trinajstić information content (AvgIpc) is 2.70. The van der Waals surface area contributed by atoms with Crippen LogP contribution in [0.2, 0.25) is 0 Å². The van der Waals surface area contributed by atoms with Crippen molar-refractivity contribution in [2.75, 3.05) is 12.8 Å². The Hall–Kier alpha value is -2.65. The SMILES string of the molecule is CN=[S@](=O)(C/C(=C/c1ccccc1)Cc1ccccc1)c1ccccc1. The molecule has 2 nitrogen and oxygen atoms in total. The van der Waals surface area contributed by atoms with E-state index < -0.39 is 9.73 Å². The second-order valence-electron chi connectivity index (χ2n) is 6.16. The molecule has 0 saturated heterocycles. The number of hydrogen-bond donors (Lipinski definition) is 0. The molecule has 0 aliphatic carbocycles. The van der Waals surface area contributed by atoms with E-state index in [0.717, 1.165) is 22.5 Å². The fourth-order valence-electron chi connectivity index (χ4n) is 2.92. The third-order valence-electron chi connectivity index (χ3n) is 4.23. The quantitative estimate of drug-likeness (QED) is 0.572. The third kappa shape index (κ3) is 4.70. The van der Waals surface area contributed by atoms with Crippen LogP contribution in [0.5, 0.6) is 0 Å². The van der Waals surface area contributed by atoms with Gasteiger partial charge in [-0.15, -0.1) is 0 Å². The highest BCUT2D eigenvalue weighted by Crippen LogP contribution is 2.21. The van der Waals surface area contributed by atoms with E-state index in [1.165, 1.54) is 5.56 Å². The first-order chi connectivity index (χ1) is 12.7. The van der Waals surface area contributed by atoms with E-state index in [0.29, 0.717) is 5.75 Å². The van der Waals surface area contributed by atoms with Crippen LogP contribution in [0.25, 0.3) is 6.08 Å². The molecule has 0 aliphatic heterocycles. The molecule has 0 heterocycles. The molecule has 3 rings (SSSR count). The summed E-state index contributed by atoms with van der Waals surface area (Å²) in [5, 5.41) is 0. The minimum atomic E-state index is -2.49. The van der Waals surface area contributed by atoms with Crippen LogP contribution in [0.4, 0.5) is 0 Å². The van der Waals surface area contributed by atoms with E-state index in [4.69, 9.17) is 0 Å². The lowest BCUT2D eigenvalue weighted by Gasteiger charge is -2.14. The summed E-state index contributed by atoms with van der Waals surface area (Å²) in [5.74, 6) is 0.428. The zero-order valence-corrected chi connectivity index (χ0v) is 15.7. The van der Waals surface area contributed by atoms with Gasteiger partial charge < -0.3 is 0 Å². The summed E-state index contributed by atoms with van der Waals surface area (Å²) >= 11 is 0. The molecule has 0 saturated carbocycles. The van der Waals surface area contributed by atoms with Gasteiger partial charge >= 0.3 is 0 Å². The highest BCUT2D eigenvalue weighted by molar-refractivity contribution is 7.93. The maximum absolute atomic E-state index is 13.5. The van der Waals surface area contributed by atoms with Crippen LogP contribution in [-0.4, -0.2) is 17.0 Å². The van der Waals surface area contributed by atoms with Crippen molar-refractivity contribution in [3.05, 3.63) is 108 Å². The fourth-order valence-corrected chi connectivity index (χ4v) is 4.70. The Morgan fingerprint density at radius 2 is 1.38 bits per heavy atom. The maximum Gasteiger partial charge on any atom is 0.0788 e. The van der Waals surface area contributed by atoms with Gasteiger partial charge in [-0.2, -0.15) is 0 Å². The molecule has 3 heteroatoms. The van der Waals surface area contributed by atoms with Crippen molar-refractivity contribution in [2.45, 2.75) is 11.3 Å². The first-order valence-electron chi connectivity index (χ1n) is 8.66. The minimum absolute atomic E-state index is 0.428. The van der Waals surface area contributed by atoms with Crippen molar-refractivity contribution >= 4 is 15.8 Å². The Balaban J connectivity index is 1.98. The normalized spacial score (nSPS) is 13.8. The number of nitrogens with zero attached hydrogens (tertiary/aromatic N) is 1. The van der Waals surface area contributed by atoms with Gasteiger partial charge in [-0.3, -0.25) is 0 Å². The van der Waals surface area contributed by atoms with E-state index >= 15 is 0 Å². The van der Waals surface area contributed by atoms with Gasteiger partial charge in [-0.05, 0) is 29.7 Å². The van der Waals surface area contributed by atoms with Gasteiger partial charge in [0, 0.05) is 11.9 Å². The summed E-state index contributed by atoms with van der Waals surface area (Å²) in [4.78, 5) is 0.787. The predicted molar refractivity (Wildman–Crippen MR) is 111 cm³/mol. The van der Waals surface area contributed by atoms with Crippen LogP contribution in [0.3, 0.4) is 0 Å². The van der Waals surface area contributed by atoms with E-state index in [-0.39, 0.29) is 0 Å². The average molecular weight is 362 g/mol. The molecule has 0 N–H and O–H groups in total. The lowest BCUT2D eigenvalue weighted by Crippen LogP contribution is -2.10. The van der Waals surface area contributed by atoms with Gasteiger partial charge in [-0.25, -0.2) is 8.57 Å². The molecular formula is C23H23NOS. The molecule has 0 fully saturated rings. The highest BCUT2D eigenvalue weighted by Gasteiger charge is 2.15. The van der Waals surface area contributed by atoms with Crippen LogP contribution < -0.4 is 0 Å². The monoisotopic (exact) mass is 361 g/mol. The zero-order valence-electron chi connectivity index (χ0n) is 14.9. The molecule has 3 aromatic carbocycles. The van der Waals surface area contributed by atoms with Crippen LogP contribution in [-0.2, 0) is 16.1 Å². The minimum Gasteiger partial charge on any atom is -0.244 e. The zero-order chi connectivity index (χ0) is 18.2. The summed E-state index contributed by atoms with van der Waals surface area (Å²) < 4.78 is 17.8. The molecule has 0 aliphatic rings. The van der Waals surface area contributed by atoms with Gasteiger partial charge in [0.15, 0.2) is 0 Å². The topological polar surface area (TPSA) is 29.4 Å². The molecule has 3 aromatic rings. The standard InChI is InChI=1S/C23H23NOS/c1-24-26(25,23-15-9-4-10-16-23)19-22(17-20-11-5-2-6-12-20)18-21-13-7-3-8-14-21/h2-17H,18-19H2,1H3/b22-17+/t26-/m0/s1. The van der Waals surface area contributed by atoms with Gasteiger partial charge in [-0.1, -0.05) is 90.5 Å². The first-order valence-corrected chi connectivity index (χ1v) is 10.3. The molecule has 0 unspecified atom stereocenters. The summed E-state index contributed by atoms with van der Waals surface area (Å²) in [6, 6.07) is 30.0. The van der Waals surface area contributed by atoms with E-state index in [1.54, 1.807) is 7.05 Å². The molecule has 26 heavy (non-hydrogen) atoms.